The van der Waals surface area contributed by atoms with Gasteiger partial charge < -0.3 is 15.0 Å². The quantitative estimate of drug-likeness (QED) is 0.611. The second-order valence-corrected chi connectivity index (χ2v) is 9.84. The molecule has 0 radical (unpaired) electrons. The summed E-state index contributed by atoms with van der Waals surface area (Å²) in [7, 11) is -2.01. The summed E-state index contributed by atoms with van der Waals surface area (Å²) in [6, 6.07) is 12.3. The van der Waals surface area contributed by atoms with E-state index < -0.39 is 10.0 Å². The summed E-state index contributed by atoms with van der Waals surface area (Å²) < 4.78 is 32.7. The smallest absolute Gasteiger partial charge is 0.255 e. The Balaban J connectivity index is 1.95. The SMILES string of the molecule is CCN(CC)S(=O)(=O)c1ccc(N2CCCCC2)c(NC(=O)c2ccc(COC)cc2)c1. The van der Waals surface area contributed by atoms with Crippen LogP contribution in [-0.2, 0) is 21.4 Å². The first-order valence-corrected chi connectivity index (χ1v) is 12.6. The fourth-order valence-electron chi connectivity index (χ4n) is 4.01. The standard InChI is InChI=1S/C24H33N3O4S/c1-4-27(5-2)32(29,30)21-13-14-23(26-15-7-6-8-16-26)22(17-21)25-24(28)20-11-9-19(10-12-20)18-31-3/h9-14,17H,4-8,15-16,18H2,1-3H3,(H,25,28). The first kappa shape index (κ1) is 24.2. The fraction of sp³-hybridized carbons (Fsp3) is 0.458. The normalized spacial score (nSPS) is 14.6. The molecule has 1 aliphatic rings. The number of sulfonamides is 1. The van der Waals surface area contributed by atoms with Gasteiger partial charge in [0.25, 0.3) is 5.91 Å². The van der Waals surface area contributed by atoms with Crippen LogP contribution in [0.4, 0.5) is 11.4 Å². The molecule has 1 aliphatic heterocycles. The molecule has 2 aromatic carbocycles. The van der Waals surface area contributed by atoms with E-state index in [1.54, 1.807) is 31.4 Å². The maximum Gasteiger partial charge on any atom is 0.255 e. The lowest BCUT2D eigenvalue weighted by Gasteiger charge is -2.31. The number of anilines is 2. The van der Waals surface area contributed by atoms with Crippen molar-refractivity contribution in [3.63, 3.8) is 0 Å². The number of nitrogens with zero attached hydrogens (tertiary/aromatic N) is 2. The van der Waals surface area contributed by atoms with E-state index in [1.807, 2.05) is 32.0 Å². The van der Waals surface area contributed by atoms with Crippen LogP contribution in [0.5, 0.6) is 0 Å². The predicted molar refractivity (Wildman–Crippen MR) is 128 cm³/mol. The third-order valence-electron chi connectivity index (χ3n) is 5.78. The first-order valence-electron chi connectivity index (χ1n) is 11.2. The average molecular weight is 460 g/mol. The van der Waals surface area contributed by atoms with E-state index in [0.29, 0.717) is 30.9 Å². The Hall–Kier alpha value is -2.42. The van der Waals surface area contributed by atoms with Gasteiger partial charge in [0.15, 0.2) is 0 Å². The maximum atomic E-state index is 13.1. The highest BCUT2D eigenvalue weighted by atomic mass is 32.2. The van der Waals surface area contributed by atoms with Crippen molar-refractivity contribution in [2.75, 3.05) is 43.5 Å². The van der Waals surface area contributed by atoms with Gasteiger partial charge in [0, 0.05) is 38.9 Å². The third kappa shape index (κ3) is 5.49. The second-order valence-electron chi connectivity index (χ2n) is 7.90. The summed E-state index contributed by atoms with van der Waals surface area (Å²) >= 11 is 0. The lowest BCUT2D eigenvalue weighted by molar-refractivity contribution is 0.102. The fourth-order valence-corrected chi connectivity index (χ4v) is 5.50. The molecule has 0 unspecified atom stereocenters. The van der Waals surface area contributed by atoms with Crippen molar-refractivity contribution >= 4 is 27.3 Å². The molecule has 32 heavy (non-hydrogen) atoms. The number of piperidine rings is 1. The van der Waals surface area contributed by atoms with Crippen LogP contribution in [0.1, 0.15) is 49.0 Å². The van der Waals surface area contributed by atoms with Gasteiger partial charge in [0.1, 0.15) is 0 Å². The largest absolute Gasteiger partial charge is 0.380 e. The Morgan fingerprint density at radius 1 is 1.03 bits per heavy atom. The van der Waals surface area contributed by atoms with Crippen LogP contribution < -0.4 is 10.2 Å². The van der Waals surface area contributed by atoms with Crippen LogP contribution in [-0.4, -0.2) is 51.9 Å². The van der Waals surface area contributed by atoms with Crippen molar-refractivity contribution in [1.29, 1.82) is 0 Å². The molecule has 2 aromatic rings. The number of rotatable bonds is 9. The number of hydrogen-bond donors (Lipinski definition) is 1. The highest BCUT2D eigenvalue weighted by Crippen LogP contribution is 2.32. The third-order valence-corrected chi connectivity index (χ3v) is 7.83. The summed E-state index contributed by atoms with van der Waals surface area (Å²) in [5.41, 5.74) is 2.86. The molecule has 1 heterocycles. The van der Waals surface area contributed by atoms with Crippen molar-refractivity contribution in [1.82, 2.24) is 4.31 Å². The second kappa shape index (κ2) is 10.9. The number of hydrogen-bond acceptors (Lipinski definition) is 5. The number of nitrogens with one attached hydrogen (secondary N) is 1. The molecule has 7 nitrogen and oxygen atoms in total. The number of methoxy groups -OCH3 is 1. The van der Waals surface area contributed by atoms with Crippen molar-refractivity contribution < 1.29 is 17.9 Å². The predicted octanol–water partition coefficient (Wildman–Crippen LogP) is 4.11. The number of carbonyl (C=O) groups is 1. The van der Waals surface area contributed by atoms with E-state index in [0.717, 1.165) is 37.2 Å². The zero-order valence-corrected chi connectivity index (χ0v) is 20.0. The van der Waals surface area contributed by atoms with Crippen LogP contribution in [0, 0.1) is 0 Å². The van der Waals surface area contributed by atoms with E-state index in [-0.39, 0.29) is 10.8 Å². The number of ether oxygens (including phenoxy) is 1. The molecule has 1 saturated heterocycles. The van der Waals surface area contributed by atoms with Crippen molar-refractivity contribution in [2.45, 2.75) is 44.6 Å². The number of carbonyl (C=O) groups excluding carboxylic acids is 1. The average Bonchev–Trinajstić information content (AvgIpc) is 2.81. The summed E-state index contributed by atoms with van der Waals surface area (Å²) in [4.78, 5) is 15.4. The zero-order chi connectivity index (χ0) is 23.1. The summed E-state index contributed by atoms with van der Waals surface area (Å²) in [6.45, 7) is 6.67. The minimum Gasteiger partial charge on any atom is -0.380 e. The van der Waals surface area contributed by atoms with E-state index in [2.05, 4.69) is 10.2 Å². The molecule has 1 N–H and O–H groups in total. The molecule has 8 heteroatoms. The van der Waals surface area contributed by atoms with Crippen molar-refractivity contribution in [3.05, 3.63) is 53.6 Å². The molecular formula is C24H33N3O4S. The van der Waals surface area contributed by atoms with Crippen LogP contribution in [0.15, 0.2) is 47.4 Å². The molecule has 0 aliphatic carbocycles. The van der Waals surface area contributed by atoms with Gasteiger partial charge in [-0.25, -0.2) is 8.42 Å². The maximum absolute atomic E-state index is 13.1. The van der Waals surface area contributed by atoms with Gasteiger partial charge in [-0.3, -0.25) is 4.79 Å². The Morgan fingerprint density at radius 3 is 2.28 bits per heavy atom. The first-order chi connectivity index (χ1) is 15.4. The Kier molecular flexibility index (Phi) is 8.28. The Labute approximate surface area is 191 Å². The highest BCUT2D eigenvalue weighted by Gasteiger charge is 2.25. The van der Waals surface area contributed by atoms with Gasteiger partial charge in [-0.15, -0.1) is 0 Å². The van der Waals surface area contributed by atoms with E-state index in [9.17, 15) is 13.2 Å². The lowest BCUT2D eigenvalue weighted by Crippen LogP contribution is -2.32. The van der Waals surface area contributed by atoms with Crippen LogP contribution in [0.2, 0.25) is 0 Å². The van der Waals surface area contributed by atoms with Gasteiger partial charge >= 0.3 is 0 Å². The van der Waals surface area contributed by atoms with Gasteiger partial charge in [0.05, 0.1) is 22.9 Å². The molecule has 3 rings (SSSR count). The molecule has 0 atom stereocenters. The van der Waals surface area contributed by atoms with Gasteiger partial charge in [-0.1, -0.05) is 26.0 Å². The minimum atomic E-state index is -3.63. The molecule has 1 fully saturated rings. The van der Waals surface area contributed by atoms with Gasteiger partial charge in [-0.05, 0) is 55.2 Å². The van der Waals surface area contributed by atoms with Crippen LogP contribution in [0.25, 0.3) is 0 Å². The number of benzene rings is 2. The van der Waals surface area contributed by atoms with Crippen molar-refractivity contribution in [3.8, 4) is 0 Å². The van der Waals surface area contributed by atoms with Gasteiger partial charge in [0.2, 0.25) is 10.0 Å². The molecule has 174 valence electrons. The molecule has 0 spiro atoms. The minimum absolute atomic E-state index is 0.188. The Morgan fingerprint density at radius 2 is 1.69 bits per heavy atom. The van der Waals surface area contributed by atoms with Crippen molar-refractivity contribution in [2.24, 2.45) is 0 Å². The monoisotopic (exact) mass is 459 g/mol. The summed E-state index contributed by atoms with van der Waals surface area (Å²) in [6.07, 6.45) is 3.34. The molecule has 0 aromatic heterocycles. The molecule has 1 amide bonds. The summed E-state index contributed by atoms with van der Waals surface area (Å²) in [5, 5.41) is 2.97. The molecular weight excluding hydrogens is 426 g/mol. The van der Waals surface area contributed by atoms with E-state index in [4.69, 9.17) is 4.74 Å². The molecule has 0 saturated carbocycles. The summed E-state index contributed by atoms with van der Waals surface area (Å²) in [5.74, 6) is -0.274. The molecule has 0 bridgehead atoms. The lowest BCUT2D eigenvalue weighted by atomic mass is 10.1. The van der Waals surface area contributed by atoms with E-state index >= 15 is 0 Å². The van der Waals surface area contributed by atoms with Gasteiger partial charge in [-0.2, -0.15) is 4.31 Å². The van der Waals surface area contributed by atoms with E-state index in [1.165, 1.54) is 10.7 Å². The topological polar surface area (TPSA) is 79.0 Å². The zero-order valence-electron chi connectivity index (χ0n) is 19.1. The van der Waals surface area contributed by atoms with Crippen LogP contribution >= 0.6 is 0 Å². The Bertz CT molecular complexity index is 1010. The van der Waals surface area contributed by atoms with Crippen LogP contribution in [0.3, 0.4) is 0 Å². The highest BCUT2D eigenvalue weighted by molar-refractivity contribution is 7.89. The number of amides is 1.